The van der Waals surface area contributed by atoms with Gasteiger partial charge in [0.15, 0.2) is 0 Å². The fourth-order valence-corrected chi connectivity index (χ4v) is 5.03. The van der Waals surface area contributed by atoms with Crippen molar-refractivity contribution in [1.29, 1.82) is 0 Å². The number of thiophene rings is 1. The van der Waals surface area contributed by atoms with E-state index in [1.807, 2.05) is 19.1 Å². The number of ether oxygens (including phenoxy) is 1. The minimum absolute atomic E-state index is 0.222. The Morgan fingerprint density at radius 3 is 2.61 bits per heavy atom. The molecule has 0 atom stereocenters. The third kappa shape index (κ3) is 4.13. The lowest BCUT2D eigenvalue weighted by molar-refractivity contribution is 0.0594. The highest BCUT2D eigenvalue weighted by Gasteiger charge is 2.21. The van der Waals surface area contributed by atoms with E-state index in [2.05, 4.69) is 19.8 Å². The van der Waals surface area contributed by atoms with Gasteiger partial charge in [0.05, 0.1) is 24.0 Å². The van der Waals surface area contributed by atoms with Gasteiger partial charge >= 0.3 is 11.7 Å². The normalized spacial score (nSPS) is 14.9. The van der Waals surface area contributed by atoms with Crippen LogP contribution in [0.5, 0.6) is 0 Å². The summed E-state index contributed by atoms with van der Waals surface area (Å²) >= 11 is 1.45. The number of hydrogen-bond acceptors (Lipinski definition) is 8. The molecule has 1 N–H and O–H groups in total. The lowest BCUT2D eigenvalue weighted by Crippen LogP contribution is -2.46. The Labute approximate surface area is 182 Å². The number of aromatic amines is 1. The van der Waals surface area contributed by atoms with Crippen molar-refractivity contribution in [2.75, 3.05) is 38.2 Å². The molecule has 0 spiro atoms. The number of anilines is 1. The van der Waals surface area contributed by atoms with Gasteiger partial charge in [-0.3, -0.25) is 14.3 Å². The van der Waals surface area contributed by atoms with E-state index in [0.717, 1.165) is 49.0 Å². The molecule has 1 aliphatic heterocycles. The van der Waals surface area contributed by atoms with Crippen LogP contribution in [0.4, 0.5) is 5.69 Å². The second-order valence-electron chi connectivity index (χ2n) is 7.49. The summed E-state index contributed by atoms with van der Waals surface area (Å²) in [4.78, 5) is 49.0. The maximum atomic E-state index is 12.5. The first-order chi connectivity index (χ1) is 14.9. The molecule has 1 aliphatic rings. The molecule has 9 nitrogen and oxygen atoms in total. The van der Waals surface area contributed by atoms with E-state index in [1.54, 1.807) is 13.0 Å². The largest absolute Gasteiger partial charge is 0.464 e. The maximum Gasteiger partial charge on any atom is 0.356 e. The second kappa shape index (κ2) is 8.64. The van der Waals surface area contributed by atoms with Gasteiger partial charge in [-0.05, 0) is 32.0 Å². The van der Waals surface area contributed by atoms with E-state index >= 15 is 0 Å². The minimum atomic E-state index is -0.435. The van der Waals surface area contributed by atoms with Gasteiger partial charge < -0.3 is 14.6 Å². The van der Waals surface area contributed by atoms with Gasteiger partial charge in [0.2, 0.25) is 0 Å². The first kappa shape index (κ1) is 21.3. The second-order valence-corrected chi connectivity index (χ2v) is 8.63. The molecule has 10 heteroatoms. The molecule has 4 rings (SSSR count). The number of hydrogen-bond donors (Lipinski definition) is 1. The average Bonchev–Trinajstić information content (AvgIpc) is 3.16. The van der Waals surface area contributed by atoms with Crippen LogP contribution >= 0.6 is 11.3 Å². The van der Waals surface area contributed by atoms with Crippen molar-refractivity contribution >= 4 is 33.2 Å². The number of carbonyl (C=O) groups is 1. The summed E-state index contributed by atoms with van der Waals surface area (Å²) in [6, 6.07) is 5.53. The summed E-state index contributed by atoms with van der Waals surface area (Å²) in [6.07, 6.45) is 0. The highest BCUT2D eigenvalue weighted by molar-refractivity contribution is 7.18. The smallest absolute Gasteiger partial charge is 0.356 e. The molecule has 164 valence electrons. The number of carbonyl (C=O) groups excluding carboxylic acids is 1. The van der Waals surface area contributed by atoms with Gasteiger partial charge in [0, 0.05) is 44.1 Å². The number of H-pyrrole nitrogens is 1. The van der Waals surface area contributed by atoms with Crippen LogP contribution in [-0.4, -0.2) is 58.7 Å². The lowest BCUT2D eigenvalue weighted by Gasteiger charge is -2.36. The first-order valence-electron chi connectivity index (χ1n) is 10.2. The van der Waals surface area contributed by atoms with Crippen LogP contribution in [0.3, 0.4) is 0 Å². The van der Waals surface area contributed by atoms with E-state index in [1.165, 1.54) is 23.0 Å². The van der Waals surface area contributed by atoms with Gasteiger partial charge in [0.1, 0.15) is 10.4 Å². The van der Waals surface area contributed by atoms with Crippen molar-refractivity contribution in [3.05, 3.63) is 55.3 Å². The summed E-state index contributed by atoms with van der Waals surface area (Å²) in [5, 5.41) is 0. The first-order valence-corrected chi connectivity index (χ1v) is 11.0. The monoisotopic (exact) mass is 443 g/mol. The highest BCUT2D eigenvalue weighted by Crippen LogP contribution is 2.24. The Balaban J connectivity index is 1.44. The Morgan fingerprint density at radius 2 is 1.97 bits per heavy atom. The van der Waals surface area contributed by atoms with E-state index in [-0.39, 0.29) is 11.2 Å². The maximum absolute atomic E-state index is 12.5. The average molecular weight is 444 g/mol. The molecule has 0 bridgehead atoms. The van der Waals surface area contributed by atoms with Crippen LogP contribution in [0.15, 0.2) is 27.8 Å². The Kier molecular flexibility index (Phi) is 5.92. The van der Waals surface area contributed by atoms with Crippen molar-refractivity contribution in [3.8, 4) is 0 Å². The van der Waals surface area contributed by atoms with Crippen LogP contribution in [0.1, 0.15) is 28.0 Å². The van der Waals surface area contributed by atoms with Gasteiger partial charge in [-0.25, -0.2) is 14.6 Å². The van der Waals surface area contributed by atoms with E-state index in [9.17, 15) is 14.4 Å². The predicted octanol–water partition coefficient (Wildman–Crippen LogP) is 1.58. The predicted molar refractivity (Wildman–Crippen MR) is 120 cm³/mol. The molecule has 0 aromatic carbocycles. The molecule has 4 heterocycles. The fraction of sp³-hybridized carbons (Fsp3) is 0.429. The van der Waals surface area contributed by atoms with Gasteiger partial charge in [-0.1, -0.05) is 0 Å². The summed E-state index contributed by atoms with van der Waals surface area (Å²) in [6.45, 7) is 8.18. The van der Waals surface area contributed by atoms with Crippen LogP contribution in [0.2, 0.25) is 0 Å². The molecule has 31 heavy (non-hydrogen) atoms. The molecular weight excluding hydrogens is 418 g/mol. The number of rotatable bonds is 5. The molecule has 0 aliphatic carbocycles. The number of aryl methyl sites for hydroxylation is 1. The molecule has 3 aromatic heterocycles. The van der Waals surface area contributed by atoms with Gasteiger partial charge in [0.25, 0.3) is 5.56 Å². The zero-order valence-corrected chi connectivity index (χ0v) is 18.6. The Bertz CT molecular complexity index is 1240. The quantitative estimate of drug-likeness (QED) is 0.598. The van der Waals surface area contributed by atoms with Crippen LogP contribution in [-0.2, 0) is 17.8 Å². The number of pyridine rings is 1. The van der Waals surface area contributed by atoms with Crippen LogP contribution in [0, 0.1) is 6.92 Å². The number of nitrogens with one attached hydrogen (secondary N) is 1. The zero-order chi connectivity index (χ0) is 22.1. The van der Waals surface area contributed by atoms with Gasteiger partial charge in [-0.2, -0.15) is 0 Å². The van der Waals surface area contributed by atoms with E-state index in [4.69, 9.17) is 4.74 Å². The molecule has 1 fully saturated rings. The number of methoxy groups -OCH3 is 1. The lowest BCUT2D eigenvalue weighted by atomic mass is 10.2. The Morgan fingerprint density at radius 1 is 1.23 bits per heavy atom. The molecule has 0 saturated carbocycles. The molecule has 1 saturated heterocycles. The van der Waals surface area contributed by atoms with E-state index < -0.39 is 5.97 Å². The van der Waals surface area contributed by atoms with Crippen LogP contribution < -0.4 is 16.1 Å². The molecule has 0 radical (unpaired) electrons. The topological polar surface area (TPSA) is 101 Å². The Hall–Kier alpha value is -2.98. The van der Waals surface area contributed by atoms with Crippen LogP contribution in [0.25, 0.3) is 10.2 Å². The minimum Gasteiger partial charge on any atom is -0.464 e. The molecule has 0 unspecified atom stereocenters. The molecule has 3 aromatic rings. The third-order valence-corrected chi connectivity index (χ3v) is 6.68. The number of piperazine rings is 1. The SMILES string of the molecule is CCn1c(=O)[nH]c2cc(CN3CCN(c4ccc(C(=O)OC)nc4C)CC3)sc2c1=O. The number of nitrogens with zero attached hydrogens (tertiary/aromatic N) is 4. The summed E-state index contributed by atoms with van der Waals surface area (Å²) in [7, 11) is 1.35. The van der Waals surface area contributed by atoms with Crippen molar-refractivity contribution in [2.24, 2.45) is 0 Å². The van der Waals surface area contributed by atoms with E-state index in [0.29, 0.717) is 22.5 Å². The number of fused-ring (bicyclic) bond motifs is 1. The van der Waals surface area contributed by atoms with Gasteiger partial charge in [-0.15, -0.1) is 11.3 Å². The number of aromatic nitrogens is 3. The summed E-state index contributed by atoms with van der Waals surface area (Å²) in [5.74, 6) is -0.435. The fourth-order valence-electron chi connectivity index (χ4n) is 3.93. The van der Waals surface area contributed by atoms with Crippen molar-refractivity contribution in [3.63, 3.8) is 0 Å². The summed E-state index contributed by atoms with van der Waals surface area (Å²) < 4.78 is 6.56. The standard InChI is InChI=1S/C21H25N5O4S/c1-4-26-19(27)18-16(23-21(26)29)11-14(31-18)12-24-7-9-25(10-8-24)17-6-5-15(20(28)30-3)22-13(17)2/h5-6,11H,4,7-10,12H2,1-3H3,(H,23,29). The molecule has 0 amide bonds. The zero-order valence-electron chi connectivity index (χ0n) is 17.8. The van der Waals surface area contributed by atoms with Crippen molar-refractivity contribution < 1.29 is 9.53 Å². The number of esters is 1. The third-order valence-electron chi connectivity index (χ3n) is 5.57. The molecular formula is C21H25N5O4S. The summed E-state index contributed by atoms with van der Waals surface area (Å²) in [5.41, 5.74) is 2.17. The highest BCUT2D eigenvalue weighted by atomic mass is 32.1. The van der Waals surface area contributed by atoms with Crippen molar-refractivity contribution in [1.82, 2.24) is 19.4 Å². The van der Waals surface area contributed by atoms with Crippen molar-refractivity contribution in [2.45, 2.75) is 26.9 Å².